The molecule has 4 nitrogen and oxygen atoms in total. The molecule has 0 unspecified atom stereocenters. The molecule has 4 saturated carbocycles. The van der Waals surface area contributed by atoms with E-state index in [1.165, 1.54) is 6.42 Å². The van der Waals surface area contributed by atoms with E-state index in [1.54, 1.807) is 38.1 Å². The van der Waals surface area contributed by atoms with Crippen LogP contribution >= 0.6 is 0 Å². The summed E-state index contributed by atoms with van der Waals surface area (Å²) in [5, 5.41) is 24.0. The molecule has 27 heavy (non-hydrogen) atoms. The summed E-state index contributed by atoms with van der Waals surface area (Å²) in [5.74, 6) is 7.78. The number of carbonyl (C=O) groups excluding carboxylic acids is 1. The zero-order valence-corrected chi connectivity index (χ0v) is 16.2. The molecule has 144 valence electrons. The van der Waals surface area contributed by atoms with E-state index in [4.69, 9.17) is 0 Å². The van der Waals surface area contributed by atoms with Crippen LogP contribution in [-0.4, -0.2) is 33.9 Å². The molecule has 4 aliphatic carbocycles. The summed E-state index contributed by atoms with van der Waals surface area (Å²) >= 11 is 0. The molecular formula is C23H29NO3. The van der Waals surface area contributed by atoms with Gasteiger partial charge in [-0.1, -0.05) is 11.8 Å². The maximum atomic E-state index is 12.6. The van der Waals surface area contributed by atoms with Crippen molar-refractivity contribution >= 4 is 5.91 Å². The van der Waals surface area contributed by atoms with E-state index in [0.717, 1.165) is 43.1 Å². The number of benzene rings is 1. The van der Waals surface area contributed by atoms with Gasteiger partial charge in [0.2, 0.25) is 0 Å². The first-order chi connectivity index (χ1) is 12.7. The van der Waals surface area contributed by atoms with Crippen LogP contribution < -0.4 is 5.32 Å². The van der Waals surface area contributed by atoms with Crippen LogP contribution in [0.4, 0.5) is 0 Å². The lowest BCUT2D eigenvalue weighted by Crippen LogP contribution is -2.62. The minimum Gasteiger partial charge on any atom is -0.387 e. The Balaban J connectivity index is 1.39. The first-order valence-corrected chi connectivity index (χ1v) is 10.1. The second-order valence-electron chi connectivity index (χ2n) is 9.36. The lowest BCUT2D eigenvalue weighted by atomic mass is 9.50. The minimum atomic E-state index is -1.04. The molecule has 4 fully saturated rings. The van der Waals surface area contributed by atoms with Crippen LogP contribution in [0.3, 0.4) is 0 Å². The molecule has 3 N–H and O–H groups in total. The number of hydrogen-bond acceptors (Lipinski definition) is 3. The molecule has 0 heterocycles. The topological polar surface area (TPSA) is 69.6 Å². The van der Waals surface area contributed by atoms with Gasteiger partial charge >= 0.3 is 0 Å². The van der Waals surface area contributed by atoms with Crippen LogP contribution in [-0.2, 0) is 0 Å². The largest absolute Gasteiger partial charge is 0.387 e. The molecule has 0 aromatic heterocycles. The quantitative estimate of drug-likeness (QED) is 0.720. The zero-order valence-electron chi connectivity index (χ0n) is 16.2. The molecule has 1 aromatic rings. The van der Waals surface area contributed by atoms with Crippen LogP contribution in [0.15, 0.2) is 24.3 Å². The summed E-state index contributed by atoms with van der Waals surface area (Å²) in [4.78, 5) is 12.6. The third-order valence-electron chi connectivity index (χ3n) is 6.74. The van der Waals surface area contributed by atoms with E-state index < -0.39 is 11.2 Å². The van der Waals surface area contributed by atoms with Gasteiger partial charge in [0.05, 0.1) is 5.60 Å². The van der Waals surface area contributed by atoms with E-state index in [9.17, 15) is 15.0 Å². The Hall–Kier alpha value is -1.83. The lowest BCUT2D eigenvalue weighted by Gasteiger charge is -2.58. The van der Waals surface area contributed by atoms with E-state index in [0.29, 0.717) is 23.9 Å². The lowest BCUT2D eigenvalue weighted by molar-refractivity contribution is -0.168. The van der Waals surface area contributed by atoms with Crippen molar-refractivity contribution in [1.82, 2.24) is 5.32 Å². The van der Waals surface area contributed by atoms with Crippen LogP contribution in [0.1, 0.15) is 61.9 Å². The highest BCUT2D eigenvalue weighted by atomic mass is 16.3. The Labute approximate surface area is 161 Å². The van der Waals surface area contributed by atoms with E-state index >= 15 is 0 Å². The highest BCUT2D eigenvalue weighted by Crippen LogP contribution is 2.58. The Morgan fingerprint density at radius 1 is 1.11 bits per heavy atom. The minimum absolute atomic E-state index is 0.153. The molecule has 0 atom stereocenters. The fourth-order valence-corrected chi connectivity index (χ4v) is 5.54. The van der Waals surface area contributed by atoms with E-state index in [-0.39, 0.29) is 5.91 Å². The third-order valence-corrected chi connectivity index (χ3v) is 6.74. The summed E-state index contributed by atoms with van der Waals surface area (Å²) in [6.07, 6.45) is 5.82. The van der Waals surface area contributed by atoms with Crippen molar-refractivity contribution in [2.75, 3.05) is 6.54 Å². The molecule has 0 aliphatic heterocycles. The van der Waals surface area contributed by atoms with Crippen molar-refractivity contribution in [3.05, 3.63) is 35.4 Å². The average molecular weight is 367 g/mol. The van der Waals surface area contributed by atoms with Crippen LogP contribution in [0, 0.1) is 35.5 Å². The molecule has 4 aliphatic rings. The molecule has 0 spiro atoms. The Bertz CT molecular complexity index is 751. The Kier molecular flexibility index (Phi) is 4.56. The fourth-order valence-electron chi connectivity index (χ4n) is 5.54. The van der Waals surface area contributed by atoms with Gasteiger partial charge in [-0.15, -0.1) is 0 Å². The van der Waals surface area contributed by atoms with Crippen molar-refractivity contribution < 1.29 is 15.0 Å². The van der Waals surface area contributed by atoms with Gasteiger partial charge in [-0.3, -0.25) is 4.79 Å². The molecule has 4 heteroatoms. The number of amides is 1. The first-order valence-electron chi connectivity index (χ1n) is 10.1. The molecule has 5 rings (SSSR count). The Morgan fingerprint density at radius 2 is 1.67 bits per heavy atom. The monoisotopic (exact) mass is 367 g/mol. The van der Waals surface area contributed by atoms with E-state index in [2.05, 4.69) is 17.2 Å². The maximum Gasteiger partial charge on any atom is 0.251 e. The van der Waals surface area contributed by atoms with Gasteiger partial charge < -0.3 is 15.5 Å². The van der Waals surface area contributed by atoms with Crippen molar-refractivity contribution in [1.29, 1.82) is 0 Å². The fraction of sp³-hybridized carbons (Fsp3) is 0.609. The number of aliphatic hydroxyl groups is 2. The van der Waals surface area contributed by atoms with Crippen molar-refractivity contribution in [2.24, 2.45) is 23.7 Å². The van der Waals surface area contributed by atoms with Crippen molar-refractivity contribution in [3.8, 4) is 11.8 Å². The van der Waals surface area contributed by atoms with Crippen molar-refractivity contribution in [2.45, 2.75) is 57.2 Å². The molecule has 4 bridgehead atoms. The van der Waals surface area contributed by atoms with Gasteiger partial charge in [-0.25, -0.2) is 0 Å². The molecular weight excluding hydrogens is 338 g/mol. The SMILES string of the molecule is CC(C)(O)C#Cc1ccc(C(=O)NCC2(O)C3CC4CC(C3)CC2C4)cc1. The molecule has 1 amide bonds. The number of hydrogen-bond donors (Lipinski definition) is 3. The van der Waals surface area contributed by atoms with Gasteiger partial charge in [0.15, 0.2) is 0 Å². The van der Waals surface area contributed by atoms with Crippen LogP contribution in [0.5, 0.6) is 0 Å². The van der Waals surface area contributed by atoms with Crippen molar-refractivity contribution in [3.63, 3.8) is 0 Å². The third kappa shape index (κ3) is 3.77. The average Bonchev–Trinajstić information content (AvgIpc) is 2.62. The summed E-state index contributed by atoms with van der Waals surface area (Å²) in [5.41, 5.74) is -0.449. The predicted molar refractivity (Wildman–Crippen MR) is 104 cm³/mol. The van der Waals surface area contributed by atoms with E-state index in [1.807, 2.05) is 0 Å². The summed E-state index contributed by atoms with van der Waals surface area (Å²) in [6.45, 7) is 3.62. The van der Waals surface area contributed by atoms with Gasteiger partial charge in [0.25, 0.3) is 5.91 Å². The second kappa shape index (κ2) is 6.65. The van der Waals surface area contributed by atoms with Crippen LogP contribution in [0.25, 0.3) is 0 Å². The normalized spacial score (nSPS) is 34.1. The number of carbonyl (C=O) groups is 1. The smallest absolute Gasteiger partial charge is 0.251 e. The summed E-state index contributed by atoms with van der Waals surface area (Å²) in [7, 11) is 0. The maximum absolute atomic E-state index is 12.6. The highest BCUT2D eigenvalue weighted by molar-refractivity contribution is 5.94. The predicted octanol–water partition coefficient (Wildman–Crippen LogP) is 2.73. The van der Waals surface area contributed by atoms with Crippen LogP contribution in [0.2, 0.25) is 0 Å². The summed E-state index contributed by atoms with van der Waals surface area (Å²) in [6, 6.07) is 7.05. The zero-order chi connectivity index (χ0) is 19.2. The Morgan fingerprint density at radius 3 is 2.19 bits per heavy atom. The van der Waals surface area contributed by atoms with Gasteiger partial charge in [0.1, 0.15) is 5.60 Å². The number of rotatable bonds is 3. The molecule has 0 saturated heterocycles. The van der Waals surface area contributed by atoms with Gasteiger partial charge in [-0.2, -0.15) is 0 Å². The second-order valence-corrected chi connectivity index (χ2v) is 9.36. The molecule has 1 aromatic carbocycles. The van der Waals surface area contributed by atoms with Gasteiger partial charge in [-0.05, 0) is 93.9 Å². The van der Waals surface area contributed by atoms with Gasteiger partial charge in [0, 0.05) is 17.7 Å². The summed E-state index contributed by atoms with van der Waals surface area (Å²) < 4.78 is 0. The molecule has 0 radical (unpaired) electrons. The standard InChI is InChI=1S/C23H29NO3/c1-22(2,26)8-7-15-3-5-18(6-4-15)21(25)24-14-23(27)19-10-16-9-17(12-19)13-20(23)11-16/h3-6,16-17,19-20,26-27H,9-14H2,1-2H3,(H,24,25). The number of nitrogens with one attached hydrogen (secondary N) is 1. The highest BCUT2D eigenvalue weighted by Gasteiger charge is 2.56. The first kappa shape index (κ1) is 18.5.